The van der Waals surface area contributed by atoms with Gasteiger partial charge >= 0.3 is 5.97 Å². The molecule has 0 atom stereocenters. The first-order valence-electron chi connectivity index (χ1n) is 8.07. The summed E-state index contributed by atoms with van der Waals surface area (Å²) in [6.07, 6.45) is 2.91. The van der Waals surface area contributed by atoms with Crippen LogP contribution >= 0.6 is 11.6 Å². The van der Waals surface area contributed by atoms with Crippen LogP contribution in [0.1, 0.15) is 17.5 Å². The number of halogens is 1. The Bertz CT molecular complexity index is 872. The van der Waals surface area contributed by atoms with Crippen molar-refractivity contribution in [1.29, 1.82) is 0 Å². The van der Waals surface area contributed by atoms with Gasteiger partial charge in [0, 0.05) is 6.42 Å². The number of esters is 1. The minimum Gasteiger partial charge on any atom is -0.497 e. The monoisotopic (exact) mass is 371 g/mol. The SMILES string of the molecule is COc1ccc(CCC2=N/C(=C/c3ccc(OC)c(Cl)c3)C(=O)O2)cc1. The zero-order chi connectivity index (χ0) is 18.5. The van der Waals surface area contributed by atoms with E-state index in [9.17, 15) is 4.79 Å². The van der Waals surface area contributed by atoms with E-state index in [0.717, 1.165) is 23.3 Å². The lowest BCUT2D eigenvalue weighted by Gasteiger charge is -2.03. The summed E-state index contributed by atoms with van der Waals surface area (Å²) < 4.78 is 15.5. The van der Waals surface area contributed by atoms with Crippen LogP contribution in [-0.2, 0) is 16.0 Å². The Kier molecular flexibility index (Phi) is 5.58. The molecule has 6 heteroatoms. The number of cyclic esters (lactones) is 1. The van der Waals surface area contributed by atoms with E-state index >= 15 is 0 Å². The Morgan fingerprint density at radius 2 is 1.85 bits per heavy atom. The number of ether oxygens (including phenoxy) is 3. The van der Waals surface area contributed by atoms with Crippen molar-refractivity contribution in [3.63, 3.8) is 0 Å². The number of aryl methyl sites for hydroxylation is 1. The molecule has 2 aromatic rings. The second-order valence-electron chi connectivity index (χ2n) is 5.67. The molecule has 5 nitrogen and oxygen atoms in total. The van der Waals surface area contributed by atoms with Crippen LogP contribution in [0.3, 0.4) is 0 Å². The summed E-state index contributed by atoms with van der Waals surface area (Å²) >= 11 is 6.10. The maximum absolute atomic E-state index is 12.0. The lowest BCUT2D eigenvalue weighted by Crippen LogP contribution is -2.05. The summed E-state index contributed by atoms with van der Waals surface area (Å²) in [7, 11) is 3.18. The lowest BCUT2D eigenvalue weighted by atomic mass is 10.1. The van der Waals surface area contributed by atoms with Crippen LogP contribution in [0.25, 0.3) is 6.08 Å². The molecule has 0 N–H and O–H groups in total. The molecule has 1 aliphatic rings. The van der Waals surface area contributed by atoms with Gasteiger partial charge in [-0.3, -0.25) is 0 Å². The standard InChI is InChI=1S/C20H18ClNO4/c1-24-15-7-3-13(4-8-15)6-10-19-22-17(20(23)26-19)12-14-5-9-18(25-2)16(21)11-14/h3-5,7-9,11-12H,6,10H2,1-2H3/b17-12+. The summed E-state index contributed by atoms with van der Waals surface area (Å²) in [6.45, 7) is 0. The van der Waals surface area contributed by atoms with Gasteiger partial charge in [-0.2, -0.15) is 0 Å². The van der Waals surface area contributed by atoms with Crippen molar-refractivity contribution in [3.05, 3.63) is 64.3 Å². The number of hydrogen-bond acceptors (Lipinski definition) is 5. The smallest absolute Gasteiger partial charge is 0.363 e. The van der Waals surface area contributed by atoms with Crippen molar-refractivity contribution in [1.82, 2.24) is 0 Å². The molecule has 0 aromatic heterocycles. The number of hydrogen-bond donors (Lipinski definition) is 0. The molecule has 134 valence electrons. The molecule has 1 heterocycles. The number of rotatable bonds is 6. The molecule has 2 aromatic carbocycles. The molecule has 0 amide bonds. The van der Waals surface area contributed by atoms with Crippen LogP contribution in [0.15, 0.2) is 53.2 Å². The van der Waals surface area contributed by atoms with Crippen molar-refractivity contribution < 1.29 is 19.0 Å². The maximum atomic E-state index is 12.0. The molecule has 0 aliphatic carbocycles. The first kappa shape index (κ1) is 18.0. The second kappa shape index (κ2) is 8.06. The first-order chi connectivity index (χ1) is 12.6. The van der Waals surface area contributed by atoms with Crippen LogP contribution in [0.4, 0.5) is 0 Å². The molecule has 3 rings (SSSR count). The Labute approximate surface area is 156 Å². The van der Waals surface area contributed by atoms with Crippen LogP contribution in [0.5, 0.6) is 11.5 Å². The fourth-order valence-corrected chi connectivity index (χ4v) is 2.80. The second-order valence-corrected chi connectivity index (χ2v) is 6.07. The van der Waals surface area contributed by atoms with Crippen molar-refractivity contribution in [2.45, 2.75) is 12.8 Å². The van der Waals surface area contributed by atoms with E-state index in [-0.39, 0.29) is 5.70 Å². The number of benzene rings is 2. The van der Waals surface area contributed by atoms with Gasteiger partial charge in [-0.25, -0.2) is 9.79 Å². The van der Waals surface area contributed by atoms with Gasteiger partial charge < -0.3 is 14.2 Å². The normalized spacial score (nSPS) is 15.0. The Morgan fingerprint density at radius 3 is 2.50 bits per heavy atom. The number of nitrogens with zero attached hydrogens (tertiary/aromatic N) is 1. The molecular formula is C20H18ClNO4. The summed E-state index contributed by atoms with van der Waals surface area (Å²) in [5, 5.41) is 0.469. The fourth-order valence-electron chi connectivity index (χ4n) is 2.53. The zero-order valence-electron chi connectivity index (χ0n) is 14.5. The minimum absolute atomic E-state index is 0.260. The van der Waals surface area contributed by atoms with E-state index in [1.165, 1.54) is 0 Å². The number of carbonyl (C=O) groups excluding carboxylic acids is 1. The highest BCUT2D eigenvalue weighted by Gasteiger charge is 2.22. The predicted molar refractivity (Wildman–Crippen MR) is 101 cm³/mol. The summed E-state index contributed by atoms with van der Waals surface area (Å²) in [5.74, 6) is 1.34. The van der Waals surface area contributed by atoms with E-state index in [1.807, 2.05) is 24.3 Å². The highest BCUT2D eigenvalue weighted by atomic mass is 35.5. The number of methoxy groups -OCH3 is 2. The molecule has 0 fully saturated rings. The van der Waals surface area contributed by atoms with Gasteiger partial charge in [0.1, 0.15) is 11.5 Å². The Morgan fingerprint density at radius 1 is 1.08 bits per heavy atom. The summed E-state index contributed by atoms with van der Waals surface area (Å²) in [4.78, 5) is 16.3. The van der Waals surface area contributed by atoms with Crippen molar-refractivity contribution in [2.24, 2.45) is 4.99 Å². The maximum Gasteiger partial charge on any atom is 0.363 e. The quantitative estimate of drug-likeness (QED) is 0.561. The molecule has 0 unspecified atom stereocenters. The number of aliphatic imine (C=N–C) groups is 1. The molecule has 0 saturated carbocycles. The first-order valence-corrected chi connectivity index (χ1v) is 8.45. The average Bonchev–Trinajstić information content (AvgIpc) is 3.00. The summed E-state index contributed by atoms with van der Waals surface area (Å²) in [6, 6.07) is 13.0. The highest BCUT2D eigenvalue weighted by Crippen LogP contribution is 2.27. The molecular weight excluding hydrogens is 354 g/mol. The van der Waals surface area contributed by atoms with Gasteiger partial charge in [0.25, 0.3) is 0 Å². The topological polar surface area (TPSA) is 57.1 Å². The van der Waals surface area contributed by atoms with Gasteiger partial charge in [-0.15, -0.1) is 0 Å². The zero-order valence-corrected chi connectivity index (χ0v) is 15.2. The largest absolute Gasteiger partial charge is 0.497 e. The summed E-state index contributed by atoms with van der Waals surface area (Å²) in [5.41, 5.74) is 2.13. The van der Waals surface area contributed by atoms with Crippen LogP contribution in [-0.4, -0.2) is 26.1 Å². The Balaban J connectivity index is 1.68. The third-order valence-electron chi connectivity index (χ3n) is 3.93. The lowest BCUT2D eigenvalue weighted by molar-refractivity contribution is -0.130. The van der Waals surface area contributed by atoms with Gasteiger partial charge in [0.15, 0.2) is 11.6 Å². The van der Waals surface area contributed by atoms with Crippen molar-refractivity contribution in [2.75, 3.05) is 14.2 Å². The Hall–Kier alpha value is -2.79. The highest BCUT2D eigenvalue weighted by molar-refractivity contribution is 6.32. The van der Waals surface area contributed by atoms with Crippen molar-refractivity contribution >= 4 is 29.5 Å². The van der Waals surface area contributed by atoms with Gasteiger partial charge in [0.05, 0.1) is 19.2 Å². The molecule has 0 bridgehead atoms. The molecule has 26 heavy (non-hydrogen) atoms. The van der Waals surface area contributed by atoms with Crippen LogP contribution in [0.2, 0.25) is 5.02 Å². The average molecular weight is 372 g/mol. The predicted octanol–water partition coefficient (Wildman–Crippen LogP) is 4.29. The minimum atomic E-state index is -0.457. The number of carbonyl (C=O) groups is 1. The van der Waals surface area contributed by atoms with E-state index in [2.05, 4.69) is 4.99 Å². The van der Waals surface area contributed by atoms with E-state index in [1.54, 1.807) is 38.5 Å². The van der Waals surface area contributed by atoms with Gasteiger partial charge in [-0.1, -0.05) is 29.8 Å². The van der Waals surface area contributed by atoms with Gasteiger partial charge in [0.2, 0.25) is 0 Å². The van der Waals surface area contributed by atoms with Crippen LogP contribution < -0.4 is 9.47 Å². The van der Waals surface area contributed by atoms with E-state index < -0.39 is 5.97 Å². The van der Waals surface area contributed by atoms with E-state index in [4.69, 9.17) is 25.8 Å². The van der Waals surface area contributed by atoms with Gasteiger partial charge in [-0.05, 0) is 47.9 Å². The molecule has 1 aliphatic heterocycles. The molecule has 0 spiro atoms. The third-order valence-corrected chi connectivity index (χ3v) is 4.23. The van der Waals surface area contributed by atoms with Crippen LogP contribution in [0, 0.1) is 0 Å². The fraction of sp³-hybridized carbons (Fsp3) is 0.200. The third kappa shape index (κ3) is 4.24. The van der Waals surface area contributed by atoms with Crippen molar-refractivity contribution in [3.8, 4) is 11.5 Å². The van der Waals surface area contributed by atoms with E-state index in [0.29, 0.717) is 23.1 Å². The molecule has 0 radical (unpaired) electrons. The molecule has 0 saturated heterocycles.